The van der Waals surface area contributed by atoms with Crippen LogP contribution in [-0.2, 0) is 14.4 Å². The Bertz CT molecular complexity index is 367. The van der Waals surface area contributed by atoms with E-state index in [2.05, 4.69) is 6.92 Å². The van der Waals surface area contributed by atoms with Gasteiger partial charge in [-0.15, -0.1) is 0 Å². The second-order valence-corrected chi connectivity index (χ2v) is 7.60. The quantitative estimate of drug-likeness (QED) is 0.277. The van der Waals surface area contributed by atoms with Crippen molar-refractivity contribution in [1.82, 2.24) is 0 Å². The van der Waals surface area contributed by atoms with Crippen LogP contribution >= 0.6 is 0 Å². The van der Waals surface area contributed by atoms with E-state index in [1.54, 1.807) is 0 Å². The maximum atomic E-state index is 10.4. The van der Waals surface area contributed by atoms with E-state index in [-0.39, 0.29) is 17.7 Å². The summed E-state index contributed by atoms with van der Waals surface area (Å²) in [5.41, 5.74) is 15.0. The molecule has 0 aliphatic rings. The van der Waals surface area contributed by atoms with E-state index >= 15 is 0 Å². The van der Waals surface area contributed by atoms with E-state index < -0.39 is 0 Å². The molecule has 0 bridgehead atoms. The van der Waals surface area contributed by atoms with Gasteiger partial charge in [0.1, 0.15) is 0 Å². The number of hydrogen-bond acceptors (Lipinski definition) is 3. The highest BCUT2D eigenvalue weighted by Crippen LogP contribution is 2.10. The standard InChI is InChI=1S/C12H25NO.C10H20N2O2/c1-2-3-4-5-6-7-8-9-10-11-12(13)14;11-9(13)7-5-3-1-2-4-6-8-10(12)14/h2-11H2,1H3,(H2,13,14);1-8H2,(H2,11,13)(H2,12,14). The van der Waals surface area contributed by atoms with Gasteiger partial charge in [-0.3, -0.25) is 14.4 Å². The average molecular weight is 400 g/mol. The summed E-state index contributed by atoms with van der Waals surface area (Å²) in [4.78, 5) is 31.2. The summed E-state index contributed by atoms with van der Waals surface area (Å²) < 4.78 is 0. The maximum Gasteiger partial charge on any atom is 0.217 e. The molecule has 0 fully saturated rings. The van der Waals surface area contributed by atoms with Crippen molar-refractivity contribution < 1.29 is 14.4 Å². The highest BCUT2D eigenvalue weighted by molar-refractivity contribution is 5.74. The number of hydrogen-bond donors (Lipinski definition) is 3. The van der Waals surface area contributed by atoms with Crippen molar-refractivity contribution in [3.8, 4) is 0 Å². The lowest BCUT2D eigenvalue weighted by molar-refractivity contribution is -0.119. The minimum atomic E-state index is -0.223. The Morgan fingerprint density at radius 1 is 0.429 bits per heavy atom. The summed E-state index contributed by atoms with van der Waals surface area (Å²) in [5.74, 6) is -0.606. The monoisotopic (exact) mass is 399 g/mol. The second kappa shape index (κ2) is 23.4. The molecule has 166 valence electrons. The third-order valence-electron chi connectivity index (χ3n) is 4.62. The van der Waals surface area contributed by atoms with Crippen LogP contribution in [0.1, 0.15) is 122 Å². The van der Waals surface area contributed by atoms with Gasteiger partial charge < -0.3 is 17.2 Å². The van der Waals surface area contributed by atoms with Gasteiger partial charge in [-0.1, -0.05) is 84.0 Å². The number of rotatable bonds is 19. The van der Waals surface area contributed by atoms with Crippen LogP contribution in [0.5, 0.6) is 0 Å². The molecule has 0 aromatic heterocycles. The van der Waals surface area contributed by atoms with Crippen LogP contribution in [-0.4, -0.2) is 17.7 Å². The molecule has 0 spiro atoms. The van der Waals surface area contributed by atoms with Crippen molar-refractivity contribution in [1.29, 1.82) is 0 Å². The van der Waals surface area contributed by atoms with Gasteiger partial charge in [0.15, 0.2) is 0 Å². The summed E-state index contributed by atoms with van der Waals surface area (Å²) in [7, 11) is 0. The van der Waals surface area contributed by atoms with Gasteiger partial charge in [-0.25, -0.2) is 0 Å². The lowest BCUT2D eigenvalue weighted by Gasteiger charge is -2.00. The van der Waals surface area contributed by atoms with Crippen molar-refractivity contribution in [2.24, 2.45) is 17.2 Å². The Hall–Kier alpha value is -1.59. The fourth-order valence-electron chi connectivity index (χ4n) is 2.92. The van der Waals surface area contributed by atoms with Gasteiger partial charge in [0.25, 0.3) is 0 Å². The zero-order chi connectivity index (χ0) is 21.5. The fourth-order valence-corrected chi connectivity index (χ4v) is 2.92. The summed E-state index contributed by atoms with van der Waals surface area (Å²) in [6.45, 7) is 2.24. The number of amides is 3. The molecule has 0 aliphatic carbocycles. The Balaban J connectivity index is 0. The van der Waals surface area contributed by atoms with Crippen LogP contribution in [0, 0.1) is 0 Å². The third-order valence-corrected chi connectivity index (χ3v) is 4.62. The van der Waals surface area contributed by atoms with E-state index in [9.17, 15) is 14.4 Å². The highest BCUT2D eigenvalue weighted by atomic mass is 16.1. The van der Waals surface area contributed by atoms with Crippen LogP contribution in [0.3, 0.4) is 0 Å². The molecule has 0 aromatic rings. The maximum absolute atomic E-state index is 10.4. The molecule has 6 N–H and O–H groups in total. The Kier molecular flexibility index (Phi) is 24.0. The molecule has 0 unspecified atom stereocenters. The SMILES string of the molecule is CCCCCCCCCCCC(N)=O.NC(=O)CCCCCCCCC(N)=O. The summed E-state index contributed by atoms with van der Waals surface area (Å²) >= 11 is 0. The molecule has 0 saturated heterocycles. The van der Waals surface area contributed by atoms with Gasteiger partial charge in [-0.05, 0) is 19.3 Å². The number of carbonyl (C=O) groups is 3. The van der Waals surface area contributed by atoms with Gasteiger partial charge >= 0.3 is 0 Å². The lowest BCUT2D eigenvalue weighted by atomic mass is 10.1. The minimum Gasteiger partial charge on any atom is -0.370 e. The van der Waals surface area contributed by atoms with E-state index in [1.807, 2.05) is 0 Å². The molecule has 6 nitrogen and oxygen atoms in total. The summed E-state index contributed by atoms with van der Waals surface area (Å²) in [6.07, 6.45) is 19.1. The van der Waals surface area contributed by atoms with Crippen molar-refractivity contribution in [2.75, 3.05) is 0 Å². The minimum absolute atomic E-state index is 0.159. The Morgan fingerprint density at radius 3 is 0.857 bits per heavy atom. The molecule has 0 rings (SSSR count). The van der Waals surface area contributed by atoms with Crippen LogP contribution < -0.4 is 17.2 Å². The van der Waals surface area contributed by atoms with Crippen molar-refractivity contribution in [3.63, 3.8) is 0 Å². The molecule has 0 heterocycles. The first-order valence-corrected chi connectivity index (χ1v) is 11.2. The van der Waals surface area contributed by atoms with Crippen LogP contribution in [0.2, 0.25) is 0 Å². The van der Waals surface area contributed by atoms with Gasteiger partial charge in [-0.2, -0.15) is 0 Å². The van der Waals surface area contributed by atoms with Gasteiger partial charge in [0.05, 0.1) is 0 Å². The zero-order valence-corrected chi connectivity index (χ0v) is 18.2. The van der Waals surface area contributed by atoms with E-state index in [1.165, 1.54) is 44.9 Å². The van der Waals surface area contributed by atoms with Crippen molar-refractivity contribution in [3.05, 3.63) is 0 Å². The van der Waals surface area contributed by atoms with E-state index in [4.69, 9.17) is 17.2 Å². The highest BCUT2D eigenvalue weighted by Gasteiger charge is 1.97. The summed E-state index contributed by atoms with van der Waals surface area (Å²) in [5, 5.41) is 0. The fraction of sp³-hybridized carbons (Fsp3) is 0.864. The Morgan fingerprint density at radius 2 is 0.643 bits per heavy atom. The first-order valence-electron chi connectivity index (χ1n) is 11.2. The first-order chi connectivity index (χ1) is 13.4. The number of unbranched alkanes of at least 4 members (excludes halogenated alkanes) is 13. The van der Waals surface area contributed by atoms with E-state index in [0.717, 1.165) is 51.4 Å². The molecule has 0 atom stereocenters. The molecular weight excluding hydrogens is 354 g/mol. The van der Waals surface area contributed by atoms with Crippen molar-refractivity contribution >= 4 is 17.7 Å². The molecule has 6 heteroatoms. The number of nitrogens with two attached hydrogens (primary N) is 3. The van der Waals surface area contributed by atoms with Crippen LogP contribution in [0.25, 0.3) is 0 Å². The molecular formula is C22H45N3O3. The van der Waals surface area contributed by atoms with Gasteiger partial charge in [0.2, 0.25) is 17.7 Å². The zero-order valence-electron chi connectivity index (χ0n) is 18.2. The molecule has 0 radical (unpaired) electrons. The Labute approximate surface area is 172 Å². The third kappa shape index (κ3) is 32.1. The van der Waals surface area contributed by atoms with Crippen LogP contribution in [0.4, 0.5) is 0 Å². The van der Waals surface area contributed by atoms with Crippen LogP contribution in [0.15, 0.2) is 0 Å². The summed E-state index contributed by atoms with van der Waals surface area (Å²) in [6, 6.07) is 0. The average Bonchev–Trinajstić information content (AvgIpc) is 2.62. The second-order valence-electron chi connectivity index (χ2n) is 7.60. The molecule has 0 aliphatic heterocycles. The largest absolute Gasteiger partial charge is 0.370 e. The molecule has 3 amide bonds. The number of carbonyl (C=O) groups excluding carboxylic acids is 3. The first kappa shape index (κ1) is 28.6. The normalized spacial score (nSPS) is 10.2. The topological polar surface area (TPSA) is 129 Å². The van der Waals surface area contributed by atoms with Gasteiger partial charge in [0, 0.05) is 19.3 Å². The smallest absolute Gasteiger partial charge is 0.217 e. The van der Waals surface area contributed by atoms with E-state index in [0.29, 0.717) is 19.3 Å². The lowest BCUT2D eigenvalue weighted by Crippen LogP contribution is -2.09. The van der Waals surface area contributed by atoms with Crippen molar-refractivity contribution in [2.45, 2.75) is 122 Å². The number of primary amides is 3. The predicted octanol–water partition coefficient (Wildman–Crippen LogP) is 4.47. The molecule has 0 saturated carbocycles. The molecule has 28 heavy (non-hydrogen) atoms. The predicted molar refractivity (Wildman–Crippen MR) is 116 cm³/mol. The molecule has 0 aromatic carbocycles.